The van der Waals surface area contributed by atoms with E-state index in [9.17, 15) is 18.0 Å². The van der Waals surface area contributed by atoms with Crippen LogP contribution in [-0.4, -0.2) is 43.8 Å². The van der Waals surface area contributed by atoms with E-state index < -0.39 is 28.5 Å². The molecule has 1 aliphatic rings. The second-order valence-corrected chi connectivity index (χ2v) is 14.6. The first kappa shape index (κ1) is 34.2. The number of anilines is 1. The van der Waals surface area contributed by atoms with Crippen LogP contribution in [0.2, 0.25) is 5.02 Å². The first-order valence-electron chi connectivity index (χ1n) is 16.1. The topological polar surface area (TPSA) is 86.8 Å². The van der Waals surface area contributed by atoms with E-state index >= 15 is 0 Å². The molecule has 0 radical (unpaired) electrons. The standard InChI is InChI=1S/C38H42ClN3O4S/c1-28-12-11-19-34(24-28)42(47(45,46)35-22-20-32(39)21-23-35)27-37(43)41(26-31-16-10-9-13-29(31)2)36(25-30-14-5-3-6-15-30)38(44)40-33-17-7-4-8-18-33/h3,5-6,9-16,19-24,33,36H,4,7-8,17-18,25-27H2,1-2H3,(H,40,44)/t36-/m0/s1. The maximum atomic E-state index is 14.7. The normalized spacial score (nSPS) is 14.3. The molecule has 0 unspecified atom stereocenters. The summed E-state index contributed by atoms with van der Waals surface area (Å²) < 4.78 is 29.6. The number of sulfonamides is 1. The average molecular weight is 672 g/mol. The molecule has 9 heteroatoms. The Balaban J connectivity index is 1.57. The molecular weight excluding hydrogens is 630 g/mol. The molecule has 1 atom stereocenters. The molecule has 4 aromatic rings. The number of benzene rings is 4. The Morgan fingerprint density at radius 1 is 0.851 bits per heavy atom. The Morgan fingerprint density at radius 3 is 2.21 bits per heavy atom. The summed E-state index contributed by atoms with van der Waals surface area (Å²) in [5.41, 5.74) is 3.96. The number of aryl methyl sites for hydroxylation is 2. The molecule has 1 aliphatic carbocycles. The van der Waals surface area contributed by atoms with E-state index in [1.807, 2.05) is 74.5 Å². The van der Waals surface area contributed by atoms with Gasteiger partial charge in [-0.05, 0) is 85.3 Å². The fraction of sp³-hybridized carbons (Fsp3) is 0.316. The quantitative estimate of drug-likeness (QED) is 0.172. The lowest BCUT2D eigenvalue weighted by Crippen LogP contribution is -2.55. The third-order valence-electron chi connectivity index (χ3n) is 8.79. The van der Waals surface area contributed by atoms with E-state index in [4.69, 9.17) is 11.6 Å². The SMILES string of the molecule is Cc1cccc(N(CC(=O)N(Cc2ccccc2C)[C@@H](Cc2ccccc2)C(=O)NC2CCCCC2)S(=O)(=O)c2ccc(Cl)cc2)c1. The van der Waals surface area contributed by atoms with Crippen LogP contribution < -0.4 is 9.62 Å². The van der Waals surface area contributed by atoms with Gasteiger partial charge in [0.25, 0.3) is 10.0 Å². The van der Waals surface area contributed by atoms with Crippen molar-refractivity contribution in [3.8, 4) is 0 Å². The summed E-state index contributed by atoms with van der Waals surface area (Å²) in [5, 5.41) is 3.65. The van der Waals surface area contributed by atoms with Gasteiger partial charge in [-0.3, -0.25) is 13.9 Å². The molecule has 4 aromatic carbocycles. The maximum Gasteiger partial charge on any atom is 0.264 e. The largest absolute Gasteiger partial charge is 0.352 e. The van der Waals surface area contributed by atoms with E-state index in [1.165, 1.54) is 24.3 Å². The van der Waals surface area contributed by atoms with Crippen molar-refractivity contribution in [3.63, 3.8) is 0 Å². The number of halogens is 1. The van der Waals surface area contributed by atoms with Crippen molar-refractivity contribution in [3.05, 3.63) is 130 Å². The minimum absolute atomic E-state index is 0.0116. The van der Waals surface area contributed by atoms with Gasteiger partial charge in [-0.1, -0.05) is 97.6 Å². The Hall–Kier alpha value is -4.14. The van der Waals surface area contributed by atoms with Crippen LogP contribution >= 0.6 is 11.6 Å². The number of hydrogen-bond donors (Lipinski definition) is 1. The van der Waals surface area contributed by atoms with Gasteiger partial charge in [0.15, 0.2) is 0 Å². The molecule has 1 fully saturated rings. The lowest BCUT2D eigenvalue weighted by molar-refractivity contribution is -0.140. The third-order valence-corrected chi connectivity index (χ3v) is 10.8. The highest BCUT2D eigenvalue weighted by Crippen LogP contribution is 2.27. The predicted octanol–water partition coefficient (Wildman–Crippen LogP) is 7.24. The molecule has 7 nitrogen and oxygen atoms in total. The lowest BCUT2D eigenvalue weighted by atomic mass is 9.94. The molecule has 1 N–H and O–H groups in total. The van der Waals surface area contributed by atoms with Crippen LogP contribution in [0.1, 0.15) is 54.4 Å². The van der Waals surface area contributed by atoms with Crippen molar-refractivity contribution in [1.82, 2.24) is 10.2 Å². The first-order valence-corrected chi connectivity index (χ1v) is 18.0. The molecular formula is C38H42ClN3O4S. The van der Waals surface area contributed by atoms with Gasteiger partial charge in [-0.15, -0.1) is 0 Å². The zero-order valence-corrected chi connectivity index (χ0v) is 28.5. The average Bonchev–Trinajstić information content (AvgIpc) is 3.07. The summed E-state index contributed by atoms with van der Waals surface area (Å²) in [6.45, 7) is 3.48. The molecule has 0 aliphatic heterocycles. The van der Waals surface area contributed by atoms with Crippen molar-refractivity contribution >= 4 is 39.1 Å². The number of rotatable bonds is 12. The summed E-state index contributed by atoms with van der Waals surface area (Å²) in [7, 11) is -4.20. The van der Waals surface area contributed by atoms with E-state index in [-0.39, 0.29) is 29.8 Å². The minimum Gasteiger partial charge on any atom is -0.352 e. The van der Waals surface area contributed by atoms with Crippen LogP contribution in [0.15, 0.2) is 108 Å². The zero-order chi connectivity index (χ0) is 33.4. The molecule has 0 bridgehead atoms. The number of amides is 2. The van der Waals surface area contributed by atoms with E-state index in [0.717, 1.165) is 58.7 Å². The lowest BCUT2D eigenvalue weighted by Gasteiger charge is -2.35. The molecule has 1 saturated carbocycles. The Bertz CT molecular complexity index is 1770. The third kappa shape index (κ3) is 8.82. The van der Waals surface area contributed by atoms with Gasteiger partial charge in [-0.2, -0.15) is 0 Å². The number of carbonyl (C=O) groups excluding carboxylic acids is 2. The Kier molecular flexibility index (Phi) is 11.4. The van der Waals surface area contributed by atoms with Gasteiger partial charge in [0.05, 0.1) is 10.6 Å². The van der Waals surface area contributed by atoms with Crippen LogP contribution in [0.25, 0.3) is 0 Å². The zero-order valence-electron chi connectivity index (χ0n) is 26.9. The molecule has 246 valence electrons. The molecule has 0 spiro atoms. The highest BCUT2D eigenvalue weighted by Gasteiger charge is 2.35. The monoisotopic (exact) mass is 671 g/mol. The molecule has 0 aromatic heterocycles. The second-order valence-electron chi connectivity index (χ2n) is 12.3. The van der Waals surface area contributed by atoms with Crippen LogP contribution in [-0.2, 0) is 32.6 Å². The van der Waals surface area contributed by atoms with Crippen LogP contribution in [0.5, 0.6) is 0 Å². The number of hydrogen-bond acceptors (Lipinski definition) is 4. The summed E-state index contributed by atoms with van der Waals surface area (Å²) in [4.78, 5) is 30.5. The summed E-state index contributed by atoms with van der Waals surface area (Å²) in [5.74, 6) is -0.711. The summed E-state index contributed by atoms with van der Waals surface area (Å²) >= 11 is 6.09. The molecule has 0 heterocycles. The van der Waals surface area contributed by atoms with Crippen LogP contribution in [0.4, 0.5) is 5.69 Å². The fourth-order valence-corrected chi connectivity index (χ4v) is 7.65. The molecule has 0 saturated heterocycles. The second kappa shape index (κ2) is 15.6. The Morgan fingerprint density at radius 2 is 1.53 bits per heavy atom. The van der Waals surface area contributed by atoms with Gasteiger partial charge in [0, 0.05) is 24.0 Å². The highest BCUT2D eigenvalue weighted by molar-refractivity contribution is 7.92. The molecule has 2 amide bonds. The minimum atomic E-state index is -4.20. The first-order chi connectivity index (χ1) is 22.6. The summed E-state index contributed by atoms with van der Waals surface area (Å²) in [6.07, 6.45) is 5.33. The predicted molar refractivity (Wildman–Crippen MR) is 188 cm³/mol. The molecule has 47 heavy (non-hydrogen) atoms. The van der Waals surface area contributed by atoms with Crippen molar-refractivity contribution in [1.29, 1.82) is 0 Å². The van der Waals surface area contributed by atoms with Gasteiger partial charge >= 0.3 is 0 Å². The Labute approximate surface area is 283 Å². The molecule has 5 rings (SSSR count). The fourth-order valence-electron chi connectivity index (χ4n) is 6.11. The van der Waals surface area contributed by atoms with Crippen molar-refractivity contribution in [2.24, 2.45) is 0 Å². The number of nitrogens with zero attached hydrogens (tertiary/aromatic N) is 2. The number of carbonyl (C=O) groups is 2. The van der Waals surface area contributed by atoms with Gasteiger partial charge in [0.2, 0.25) is 11.8 Å². The van der Waals surface area contributed by atoms with Crippen molar-refractivity contribution < 1.29 is 18.0 Å². The van der Waals surface area contributed by atoms with Crippen LogP contribution in [0, 0.1) is 13.8 Å². The highest BCUT2D eigenvalue weighted by atomic mass is 35.5. The van der Waals surface area contributed by atoms with E-state index in [1.54, 1.807) is 23.1 Å². The smallest absolute Gasteiger partial charge is 0.264 e. The van der Waals surface area contributed by atoms with Gasteiger partial charge in [0.1, 0.15) is 12.6 Å². The van der Waals surface area contributed by atoms with E-state index in [0.29, 0.717) is 10.7 Å². The van der Waals surface area contributed by atoms with Crippen molar-refractivity contribution in [2.75, 3.05) is 10.8 Å². The van der Waals surface area contributed by atoms with E-state index in [2.05, 4.69) is 5.32 Å². The maximum absolute atomic E-state index is 14.7. The summed E-state index contributed by atoms with van der Waals surface area (Å²) in [6, 6.07) is 29.5. The van der Waals surface area contributed by atoms with Gasteiger partial charge < -0.3 is 10.2 Å². The van der Waals surface area contributed by atoms with Gasteiger partial charge in [-0.25, -0.2) is 8.42 Å². The van der Waals surface area contributed by atoms with Crippen molar-refractivity contribution in [2.45, 2.75) is 75.9 Å². The van der Waals surface area contributed by atoms with Crippen LogP contribution in [0.3, 0.4) is 0 Å². The number of nitrogens with one attached hydrogen (secondary N) is 1.